The molecule has 0 unspecified atom stereocenters. The van der Waals surface area contributed by atoms with Gasteiger partial charge in [0.15, 0.2) is 0 Å². The van der Waals surface area contributed by atoms with Crippen LogP contribution in [0.4, 0.5) is 11.4 Å². The molecule has 0 atom stereocenters. The Morgan fingerprint density at radius 1 is 0.760 bits per heavy atom. The van der Waals surface area contributed by atoms with Gasteiger partial charge < -0.3 is 19.6 Å². The molecule has 1 aliphatic rings. The van der Waals surface area contributed by atoms with Crippen molar-refractivity contribution in [2.45, 2.75) is 33.8 Å². The number of aliphatic hydroxyl groups is 1. The molecule has 2 aromatic carbocycles. The Kier molecular flexibility index (Phi) is 5.19. The topological polar surface area (TPSA) is 35.9 Å². The third-order valence-corrected chi connectivity index (χ3v) is 5.06. The first kappa shape index (κ1) is 17.6. The third kappa shape index (κ3) is 3.19. The number of aliphatic hydroxyl groups excluding tert-OH is 1. The number of fused-ring (bicyclic) bond motifs is 2. The molecular weight excluding hydrogens is 312 g/mol. The second kappa shape index (κ2) is 7.36. The highest BCUT2D eigenvalue weighted by Gasteiger charge is 2.26. The van der Waals surface area contributed by atoms with Gasteiger partial charge in [-0.25, -0.2) is 0 Å². The van der Waals surface area contributed by atoms with E-state index in [1.807, 2.05) is 24.3 Å². The number of hydrogen-bond donors (Lipinski definition) is 1. The van der Waals surface area contributed by atoms with Gasteiger partial charge in [-0.2, -0.15) is 0 Å². The molecule has 4 heteroatoms. The minimum absolute atomic E-state index is 0.643. The van der Waals surface area contributed by atoms with E-state index in [-0.39, 0.29) is 0 Å². The quantitative estimate of drug-likeness (QED) is 0.836. The fourth-order valence-corrected chi connectivity index (χ4v) is 3.53. The van der Waals surface area contributed by atoms with E-state index in [9.17, 15) is 5.11 Å². The molecule has 4 nitrogen and oxygen atoms in total. The highest BCUT2D eigenvalue weighted by molar-refractivity contribution is 5.63. The molecule has 1 N–H and O–H groups in total. The van der Waals surface area contributed by atoms with Crippen molar-refractivity contribution in [3.05, 3.63) is 47.5 Å². The first-order valence-electron chi connectivity index (χ1n) is 9.26. The number of rotatable bonds is 6. The lowest BCUT2D eigenvalue weighted by molar-refractivity contribution is 0.203. The number of anilines is 2. The smallest absolute Gasteiger partial charge is 0.135 e. The van der Waals surface area contributed by atoms with E-state index >= 15 is 0 Å². The first-order chi connectivity index (χ1) is 12.1. The molecule has 0 saturated carbocycles. The van der Waals surface area contributed by atoms with Gasteiger partial charge in [-0.3, -0.25) is 0 Å². The summed E-state index contributed by atoms with van der Waals surface area (Å²) < 4.78 is 6.19. The van der Waals surface area contributed by atoms with E-state index in [0.29, 0.717) is 0 Å². The van der Waals surface area contributed by atoms with E-state index in [4.69, 9.17) is 4.74 Å². The Bertz CT molecular complexity index is 675. The minimum Gasteiger partial charge on any atom is -0.456 e. The lowest BCUT2D eigenvalue weighted by atomic mass is 9.96. The molecule has 2 aromatic rings. The summed E-state index contributed by atoms with van der Waals surface area (Å²) >= 11 is 0. The van der Waals surface area contributed by atoms with Gasteiger partial charge in [-0.05, 0) is 39.8 Å². The van der Waals surface area contributed by atoms with Crippen molar-refractivity contribution < 1.29 is 9.84 Å². The largest absolute Gasteiger partial charge is 0.456 e. The van der Waals surface area contributed by atoms with E-state index in [1.165, 1.54) is 0 Å². The van der Waals surface area contributed by atoms with Crippen LogP contribution in [-0.2, 0) is 0 Å². The maximum absolute atomic E-state index is 10.8. The van der Waals surface area contributed by atoms with Crippen molar-refractivity contribution in [3.63, 3.8) is 0 Å². The van der Waals surface area contributed by atoms with Crippen LogP contribution in [0.2, 0.25) is 0 Å². The monoisotopic (exact) mass is 340 g/mol. The molecule has 0 bridgehead atoms. The van der Waals surface area contributed by atoms with E-state index in [2.05, 4.69) is 49.6 Å². The molecule has 1 heterocycles. The number of nitrogens with zero attached hydrogens (tertiary/aromatic N) is 2. The molecule has 3 rings (SSSR count). The number of hydrogen-bond acceptors (Lipinski definition) is 4. The van der Waals surface area contributed by atoms with Crippen molar-refractivity contribution in [2.75, 3.05) is 36.0 Å². The zero-order valence-corrected chi connectivity index (χ0v) is 15.6. The molecule has 0 aromatic heterocycles. The summed E-state index contributed by atoms with van der Waals surface area (Å²) in [4.78, 5) is 4.55. The van der Waals surface area contributed by atoms with Gasteiger partial charge in [0, 0.05) is 60.8 Å². The predicted molar refractivity (Wildman–Crippen MR) is 104 cm³/mol. The van der Waals surface area contributed by atoms with Crippen LogP contribution in [-0.4, -0.2) is 31.3 Å². The number of benzene rings is 2. The van der Waals surface area contributed by atoms with Crippen LogP contribution < -0.4 is 14.5 Å². The Morgan fingerprint density at radius 3 is 1.52 bits per heavy atom. The van der Waals surface area contributed by atoms with Crippen LogP contribution in [0.5, 0.6) is 11.5 Å². The summed E-state index contributed by atoms with van der Waals surface area (Å²) in [5.74, 6) is 1.50. The highest BCUT2D eigenvalue weighted by Crippen LogP contribution is 2.45. The van der Waals surface area contributed by atoms with Gasteiger partial charge in [-0.1, -0.05) is 12.1 Å². The minimum atomic E-state index is -0.643. The average Bonchev–Trinajstić information content (AvgIpc) is 2.63. The van der Waals surface area contributed by atoms with Gasteiger partial charge in [0.05, 0.1) is 0 Å². The van der Waals surface area contributed by atoms with Crippen molar-refractivity contribution in [3.8, 4) is 11.5 Å². The zero-order chi connectivity index (χ0) is 18.0. The molecule has 25 heavy (non-hydrogen) atoms. The van der Waals surface area contributed by atoms with Crippen LogP contribution in [0, 0.1) is 0 Å². The predicted octanol–water partition coefficient (Wildman–Crippen LogP) is 4.57. The normalized spacial score (nSPS) is 13.0. The molecule has 0 saturated heterocycles. The van der Waals surface area contributed by atoms with Crippen molar-refractivity contribution in [1.82, 2.24) is 0 Å². The summed E-state index contributed by atoms with van der Waals surface area (Å²) in [6, 6.07) is 12.2. The lowest BCUT2D eigenvalue weighted by Crippen LogP contribution is -2.23. The Labute approximate surface area is 150 Å². The Balaban J connectivity index is 1.98. The van der Waals surface area contributed by atoms with Gasteiger partial charge in [-0.15, -0.1) is 0 Å². The fourth-order valence-electron chi connectivity index (χ4n) is 3.53. The van der Waals surface area contributed by atoms with Gasteiger partial charge in [0.2, 0.25) is 0 Å². The van der Waals surface area contributed by atoms with Crippen LogP contribution in [0.1, 0.15) is 44.9 Å². The molecule has 0 radical (unpaired) electrons. The molecule has 0 spiro atoms. The molecule has 1 aliphatic heterocycles. The summed E-state index contributed by atoms with van der Waals surface area (Å²) in [7, 11) is 0. The Hall–Kier alpha value is -2.20. The second-order valence-corrected chi connectivity index (χ2v) is 6.29. The van der Waals surface area contributed by atoms with Crippen LogP contribution in [0.15, 0.2) is 36.4 Å². The lowest BCUT2D eigenvalue weighted by Gasteiger charge is -2.29. The van der Waals surface area contributed by atoms with Gasteiger partial charge >= 0.3 is 0 Å². The average molecular weight is 340 g/mol. The standard InChI is InChI=1S/C21H28N2O2/c1-5-22(6-2)15-9-11-17-19(13-15)25-20-14-16(23(7-3)8-4)10-12-18(20)21(17)24/h9-14,21,24H,5-8H2,1-4H3. The first-order valence-corrected chi connectivity index (χ1v) is 9.26. The van der Waals surface area contributed by atoms with E-state index < -0.39 is 6.10 Å². The van der Waals surface area contributed by atoms with Crippen LogP contribution in [0.25, 0.3) is 0 Å². The van der Waals surface area contributed by atoms with E-state index in [0.717, 1.165) is 60.2 Å². The maximum atomic E-state index is 10.8. The van der Waals surface area contributed by atoms with Crippen molar-refractivity contribution in [2.24, 2.45) is 0 Å². The highest BCUT2D eigenvalue weighted by atomic mass is 16.5. The second-order valence-electron chi connectivity index (χ2n) is 6.29. The Morgan fingerprint density at radius 2 is 1.16 bits per heavy atom. The zero-order valence-electron chi connectivity index (χ0n) is 15.6. The number of ether oxygens (including phenoxy) is 1. The third-order valence-electron chi connectivity index (χ3n) is 5.06. The molecule has 0 fully saturated rings. The summed E-state index contributed by atoms with van der Waals surface area (Å²) in [6.07, 6.45) is -0.643. The van der Waals surface area contributed by atoms with Crippen molar-refractivity contribution in [1.29, 1.82) is 0 Å². The fraction of sp³-hybridized carbons (Fsp3) is 0.429. The molecule has 0 aliphatic carbocycles. The molecule has 134 valence electrons. The summed E-state index contributed by atoms with van der Waals surface area (Å²) in [5, 5.41) is 10.8. The van der Waals surface area contributed by atoms with Crippen LogP contribution in [0.3, 0.4) is 0 Å². The molecular formula is C21H28N2O2. The van der Waals surface area contributed by atoms with Gasteiger partial charge in [0.1, 0.15) is 17.6 Å². The summed E-state index contributed by atoms with van der Waals surface area (Å²) in [6.45, 7) is 12.4. The summed E-state index contributed by atoms with van der Waals surface area (Å²) in [5.41, 5.74) is 3.91. The SMILES string of the molecule is CCN(CC)c1ccc2c(c1)Oc1cc(N(CC)CC)ccc1C2O. The van der Waals surface area contributed by atoms with Gasteiger partial charge in [0.25, 0.3) is 0 Å². The van der Waals surface area contributed by atoms with Crippen LogP contribution >= 0.6 is 0 Å². The maximum Gasteiger partial charge on any atom is 0.135 e. The molecule has 0 amide bonds. The van der Waals surface area contributed by atoms with E-state index in [1.54, 1.807) is 0 Å². The van der Waals surface area contributed by atoms with Crippen molar-refractivity contribution >= 4 is 11.4 Å².